The molecule has 2 saturated heterocycles. The molecule has 7 rings (SSSR count). The standard InChI is InChI=1S/C33H35N7O3.ClH/c34-25-10-6-14-38(20-25)31-28(32(41)37-15-17-43-18-16-37)29-30(40(31)19-23-7-2-1-3-8-23)33(42)39(22-36-29)21-27-26-11-5-4-9-24(26)12-13-35-27;/h1-5,7-9,11-13,22,25H,6,10,14-21,34H2;1H/t25-;/m0./s1. The van der Waals surface area contributed by atoms with Crippen molar-refractivity contribution in [1.29, 1.82) is 0 Å². The van der Waals surface area contributed by atoms with E-state index < -0.39 is 0 Å². The zero-order chi connectivity index (χ0) is 29.3. The summed E-state index contributed by atoms with van der Waals surface area (Å²) >= 11 is 0. The molecule has 0 spiro atoms. The average molecular weight is 614 g/mol. The first-order valence-corrected chi connectivity index (χ1v) is 14.9. The van der Waals surface area contributed by atoms with Crippen LogP contribution in [0.3, 0.4) is 0 Å². The number of rotatable bonds is 6. The van der Waals surface area contributed by atoms with Crippen LogP contribution in [0.15, 0.2) is 78.0 Å². The molecule has 0 radical (unpaired) electrons. The zero-order valence-electron chi connectivity index (χ0n) is 24.5. The van der Waals surface area contributed by atoms with Crippen LogP contribution in [0, 0.1) is 0 Å². The highest BCUT2D eigenvalue weighted by Gasteiger charge is 2.34. The van der Waals surface area contributed by atoms with E-state index in [1.54, 1.807) is 17.1 Å². The Balaban J connectivity index is 0.00000343. The summed E-state index contributed by atoms with van der Waals surface area (Å²) in [6, 6.07) is 20.0. The van der Waals surface area contributed by atoms with Crippen LogP contribution >= 0.6 is 12.4 Å². The van der Waals surface area contributed by atoms with Gasteiger partial charge in [-0.05, 0) is 29.9 Å². The Bertz CT molecular complexity index is 1840. The lowest BCUT2D eigenvalue weighted by Gasteiger charge is -2.35. The number of piperidine rings is 1. The Hall–Kier alpha value is -4.25. The molecule has 228 valence electrons. The van der Waals surface area contributed by atoms with E-state index in [2.05, 4.69) is 9.88 Å². The van der Waals surface area contributed by atoms with Gasteiger partial charge in [-0.3, -0.25) is 19.1 Å². The molecule has 2 aromatic carbocycles. The predicted molar refractivity (Wildman–Crippen MR) is 174 cm³/mol. The summed E-state index contributed by atoms with van der Waals surface area (Å²) in [6.45, 7) is 3.98. The first-order chi connectivity index (χ1) is 21.1. The summed E-state index contributed by atoms with van der Waals surface area (Å²) < 4.78 is 9.14. The second-order valence-electron chi connectivity index (χ2n) is 11.4. The van der Waals surface area contributed by atoms with Crippen LogP contribution in [-0.2, 0) is 17.8 Å². The van der Waals surface area contributed by atoms with Crippen molar-refractivity contribution in [3.63, 3.8) is 0 Å². The van der Waals surface area contributed by atoms with Gasteiger partial charge in [-0.2, -0.15) is 0 Å². The second-order valence-corrected chi connectivity index (χ2v) is 11.4. The summed E-state index contributed by atoms with van der Waals surface area (Å²) in [7, 11) is 0. The third kappa shape index (κ3) is 5.56. The van der Waals surface area contributed by atoms with Crippen molar-refractivity contribution in [2.24, 2.45) is 5.73 Å². The molecule has 1 amide bonds. The van der Waals surface area contributed by atoms with Gasteiger partial charge in [-0.1, -0.05) is 54.6 Å². The number of fused-ring (bicyclic) bond motifs is 2. The summed E-state index contributed by atoms with van der Waals surface area (Å²) in [6.07, 6.45) is 5.15. The molecule has 0 saturated carbocycles. The average Bonchev–Trinajstić information content (AvgIpc) is 3.37. The van der Waals surface area contributed by atoms with E-state index in [0.717, 1.165) is 47.2 Å². The van der Waals surface area contributed by atoms with Gasteiger partial charge in [0.1, 0.15) is 22.4 Å². The van der Waals surface area contributed by atoms with Crippen LogP contribution in [0.25, 0.3) is 21.8 Å². The molecule has 0 bridgehead atoms. The van der Waals surface area contributed by atoms with E-state index in [9.17, 15) is 9.59 Å². The van der Waals surface area contributed by atoms with Gasteiger partial charge in [-0.15, -0.1) is 12.4 Å². The smallest absolute Gasteiger partial charge is 0.278 e. The molecule has 2 aliphatic rings. The molecule has 5 heterocycles. The monoisotopic (exact) mass is 613 g/mol. The van der Waals surface area contributed by atoms with E-state index in [-0.39, 0.29) is 36.5 Å². The van der Waals surface area contributed by atoms with E-state index in [0.29, 0.717) is 56.0 Å². The molecule has 44 heavy (non-hydrogen) atoms. The topological polar surface area (TPSA) is 112 Å². The minimum Gasteiger partial charge on any atom is -0.378 e. The Morgan fingerprint density at radius 1 is 0.955 bits per heavy atom. The summed E-state index contributed by atoms with van der Waals surface area (Å²) in [5.41, 5.74) is 9.37. The number of nitrogens with zero attached hydrogens (tertiary/aromatic N) is 6. The fraction of sp³-hybridized carbons (Fsp3) is 0.333. The van der Waals surface area contributed by atoms with Crippen molar-refractivity contribution in [3.8, 4) is 0 Å². The van der Waals surface area contributed by atoms with Crippen LogP contribution in [0.1, 0.15) is 34.5 Å². The number of halogens is 1. The summed E-state index contributed by atoms with van der Waals surface area (Å²) in [5.74, 6) is 0.589. The number of amides is 1. The highest BCUT2D eigenvalue weighted by molar-refractivity contribution is 6.10. The van der Waals surface area contributed by atoms with Gasteiger partial charge in [0.25, 0.3) is 11.5 Å². The highest BCUT2D eigenvalue weighted by atomic mass is 35.5. The van der Waals surface area contributed by atoms with Crippen molar-refractivity contribution in [3.05, 3.63) is 100 Å². The van der Waals surface area contributed by atoms with Crippen molar-refractivity contribution in [2.45, 2.75) is 32.0 Å². The van der Waals surface area contributed by atoms with Crippen LogP contribution in [0.2, 0.25) is 0 Å². The number of pyridine rings is 1. The molecule has 0 unspecified atom stereocenters. The molecule has 2 N–H and O–H groups in total. The number of ether oxygens (including phenoxy) is 1. The molecular formula is C33H36ClN7O3. The molecule has 2 aliphatic heterocycles. The molecule has 1 atom stereocenters. The number of carbonyl (C=O) groups excluding carboxylic acids is 1. The van der Waals surface area contributed by atoms with Crippen molar-refractivity contribution in [2.75, 3.05) is 44.3 Å². The highest BCUT2D eigenvalue weighted by Crippen LogP contribution is 2.34. The lowest BCUT2D eigenvalue weighted by Crippen LogP contribution is -2.45. The normalized spacial score (nSPS) is 17.2. The Morgan fingerprint density at radius 2 is 1.73 bits per heavy atom. The van der Waals surface area contributed by atoms with E-state index >= 15 is 0 Å². The molecule has 3 aromatic heterocycles. The molecular weight excluding hydrogens is 578 g/mol. The van der Waals surface area contributed by atoms with Crippen molar-refractivity contribution < 1.29 is 9.53 Å². The van der Waals surface area contributed by atoms with Gasteiger partial charge in [0, 0.05) is 50.3 Å². The van der Waals surface area contributed by atoms with Crippen molar-refractivity contribution >= 4 is 45.9 Å². The Kier molecular flexibility index (Phi) is 8.65. The minimum atomic E-state index is -0.209. The van der Waals surface area contributed by atoms with Gasteiger partial charge >= 0.3 is 0 Å². The van der Waals surface area contributed by atoms with Crippen LogP contribution < -0.4 is 16.2 Å². The van der Waals surface area contributed by atoms with E-state index in [4.69, 9.17) is 15.5 Å². The van der Waals surface area contributed by atoms with Gasteiger partial charge in [0.05, 0.1) is 31.8 Å². The van der Waals surface area contributed by atoms with Crippen LogP contribution in [0.4, 0.5) is 5.82 Å². The first kappa shape index (κ1) is 29.8. The van der Waals surface area contributed by atoms with E-state index in [1.165, 1.54) is 0 Å². The number of hydrogen-bond acceptors (Lipinski definition) is 7. The summed E-state index contributed by atoms with van der Waals surface area (Å²) in [4.78, 5) is 42.2. The number of anilines is 1. The number of aromatic nitrogens is 4. The molecule has 5 aromatic rings. The van der Waals surface area contributed by atoms with Crippen molar-refractivity contribution in [1.82, 2.24) is 24.0 Å². The lowest BCUT2D eigenvalue weighted by atomic mass is 10.1. The molecule has 0 aliphatic carbocycles. The van der Waals surface area contributed by atoms with Gasteiger partial charge in [0.15, 0.2) is 0 Å². The first-order valence-electron chi connectivity index (χ1n) is 14.9. The number of nitrogens with two attached hydrogens (primary N) is 1. The SMILES string of the molecule is Cl.N[C@H]1CCCN(c2c(C(=O)N3CCOCC3)c3ncn(Cc4nccc5ccccc45)c(=O)c3n2Cc2ccccc2)C1. The third-order valence-electron chi connectivity index (χ3n) is 8.53. The van der Waals surface area contributed by atoms with E-state index in [1.807, 2.05) is 70.1 Å². The quantitative estimate of drug-likeness (QED) is 0.311. The second kappa shape index (κ2) is 12.8. The number of carbonyl (C=O) groups is 1. The maximum atomic E-state index is 14.5. The minimum absolute atomic E-state index is 0. The molecule has 2 fully saturated rings. The maximum Gasteiger partial charge on any atom is 0.278 e. The lowest BCUT2D eigenvalue weighted by molar-refractivity contribution is 0.0304. The fourth-order valence-electron chi connectivity index (χ4n) is 6.41. The van der Waals surface area contributed by atoms with Crippen LogP contribution in [0.5, 0.6) is 0 Å². The van der Waals surface area contributed by atoms with Gasteiger partial charge in [0.2, 0.25) is 0 Å². The van der Waals surface area contributed by atoms with Crippen LogP contribution in [-0.4, -0.2) is 75.3 Å². The Morgan fingerprint density at radius 3 is 2.52 bits per heavy atom. The van der Waals surface area contributed by atoms with Gasteiger partial charge < -0.3 is 24.8 Å². The number of benzene rings is 2. The maximum absolute atomic E-state index is 14.5. The predicted octanol–water partition coefficient (Wildman–Crippen LogP) is 3.66. The number of hydrogen-bond donors (Lipinski definition) is 1. The number of morpholine rings is 1. The zero-order valence-corrected chi connectivity index (χ0v) is 25.3. The molecule has 10 nitrogen and oxygen atoms in total. The third-order valence-corrected chi connectivity index (χ3v) is 8.53. The Labute approximate surface area is 261 Å². The largest absolute Gasteiger partial charge is 0.378 e. The fourth-order valence-corrected chi connectivity index (χ4v) is 6.41. The van der Waals surface area contributed by atoms with Gasteiger partial charge in [-0.25, -0.2) is 4.98 Å². The summed E-state index contributed by atoms with van der Waals surface area (Å²) in [5, 5.41) is 2.05. The molecule has 11 heteroatoms.